The Hall–Kier alpha value is -1.70. The molecule has 0 N–H and O–H groups in total. The molecule has 0 aromatic heterocycles. The zero-order chi connectivity index (χ0) is 13.8. The summed E-state index contributed by atoms with van der Waals surface area (Å²) in [5, 5.41) is 0.772. The van der Waals surface area contributed by atoms with Crippen molar-refractivity contribution in [2.75, 3.05) is 18.9 Å². The molecule has 100 valence electrons. The Morgan fingerprint density at radius 2 is 1.89 bits per heavy atom. The van der Waals surface area contributed by atoms with Gasteiger partial charge in [0.25, 0.3) is 0 Å². The molecular weight excluding hydrogens is 262 g/mol. The maximum absolute atomic E-state index is 11.3. The van der Waals surface area contributed by atoms with Gasteiger partial charge in [0.05, 0.1) is 5.75 Å². The SMILES string of the molecule is C=CS(=O)(=O)CCOC(=O)CN1C(=O)CCC1=O. The van der Waals surface area contributed by atoms with E-state index in [2.05, 4.69) is 11.3 Å². The fourth-order valence-electron chi connectivity index (χ4n) is 1.33. The lowest BCUT2D eigenvalue weighted by Gasteiger charge is -2.12. The molecule has 18 heavy (non-hydrogen) atoms. The number of carbonyl (C=O) groups is 3. The number of hydrogen-bond acceptors (Lipinski definition) is 6. The van der Waals surface area contributed by atoms with Crippen molar-refractivity contribution in [2.24, 2.45) is 0 Å². The minimum atomic E-state index is -3.42. The van der Waals surface area contributed by atoms with Crippen molar-refractivity contribution in [1.82, 2.24) is 4.90 Å². The molecule has 1 fully saturated rings. The number of imide groups is 1. The van der Waals surface area contributed by atoms with E-state index in [1.165, 1.54) is 0 Å². The number of hydrogen-bond donors (Lipinski definition) is 0. The largest absolute Gasteiger partial charge is 0.463 e. The number of carbonyl (C=O) groups excluding carboxylic acids is 3. The Balaban J connectivity index is 2.36. The number of amides is 2. The fraction of sp³-hybridized carbons (Fsp3) is 0.500. The average Bonchev–Trinajstić information content (AvgIpc) is 2.60. The fourth-order valence-corrected chi connectivity index (χ4v) is 1.81. The third kappa shape index (κ3) is 3.95. The van der Waals surface area contributed by atoms with Crippen LogP contribution in [0.1, 0.15) is 12.8 Å². The van der Waals surface area contributed by atoms with Gasteiger partial charge in [-0.3, -0.25) is 19.3 Å². The summed E-state index contributed by atoms with van der Waals surface area (Å²) in [6, 6.07) is 0. The molecule has 8 heteroatoms. The zero-order valence-electron chi connectivity index (χ0n) is 9.62. The van der Waals surface area contributed by atoms with E-state index in [0.29, 0.717) is 0 Å². The topological polar surface area (TPSA) is 97.8 Å². The first-order valence-electron chi connectivity index (χ1n) is 5.20. The molecule has 0 aromatic carbocycles. The zero-order valence-corrected chi connectivity index (χ0v) is 10.4. The second kappa shape index (κ2) is 5.76. The number of rotatable bonds is 6. The van der Waals surface area contributed by atoms with Gasteiger partial charge in [-0.05, 0) is 0 Å². The molecule has 0 unspecified atom stereocenters. The van der Waals surface area contributed by atoms with Crippen LogP contribution in [-0.4, -0.2) is 50.0 Å². The monoisotopic (exact) mass is 275 g/mol. The molecule has 0 spiro atoms. The number of esters is 1. The Morgan fingerprint density at radius 3 is 2.39 bits per heavy atom. The van der Waals surface area contributed by atoms with E-state index in [0.717, 1.165) is 10.3 Å². The lowest BCUT2D eigenvalue weighted by Crippen LogP contribution is -2.35. The number of nitrogens with zero attached hydrogens (tertiary/aromatic N) is 1. The van der Waals surface area contributed by atoms with Gasteiger partial charge < -0.3 is 4.74 Å². The smallest absolute Gasteiger partial charge is 0.326 e. The minimum Gasteiger partial charge on any atom is -0.463 e. The van der Waals surface area contributed by atoms with Crippen LogP contribution < -0.4 is 0 Å². The van der Waals surface area contributed by atoms with E-state index >= 15 is 0 Å². The van der Waals surface area contributed by atoms with Crippen molar-refractivity contribution in [3.63, 3.8) is 0 Å². The van der Waals surface area contributed by atoms with Gasteiger partial charge in [0, 0.05) is 18.2 Å². The van der Waals surface area contributed by atoms with Crippen molar-refractivity contribution < 1.29 is 27.5 Å². The second-order valence-electron chi connectivity index (χ2n) is 3.63. The van der Waals surface area contributed by atoms with Crippen LogP contribution in [0.15, 0.2) is 12.0 Å². The van der Waals surface area contributed by atoms with Gasteiger partial charge in [-0.1, -0.05) is 6.58 Å². The third-order valence-corrected chi connectivity index (χ3v) is 3.57. The predicted molar refractivity (Wildman–Crippen MR) is 60.9 cm³/mol. The van der Waals surface area contributed by atoms with Gasteiger partial charge in [0.2, 0.25) is 11.8 Å². The van der Waals surface area contributed by atoms with Crippen LogP contribution in [0.3, 0.4) is 0 Å². The lowest BCUT2D eigenvalue weighted by atomic mass is 10.4. The van der Waals surface area contributed by atoms with Crippen molar-refractivity contribution in [2.45, 2.75) is 12.8 Å². The molecule has 0 bridgehead atoms. The van der Waals surface area contributed by atoms with Gasteiger partial charge in [-0.25, -0.2) is 8.42 Å². The van der Waals surface area contributed by atoms with E-state index < -0.39 is 34.2 Å². The van der Waals surface area contributed by atoms with Crippen LogP contribution in [0.2, 0.25) is 0 Å². The van der Waals surface area contributed by atoms with Crippen molar-refractivity contribution in [1.29, 1.82) is 0 Å². The van der Waals surface area contributed by atoms with E-state index in [-0.39, 0.29) is 25.2 Å². The predicted octanol–water partition coefficient (Wildman–Crippen LogP) is -0.763. The van der Waals surface area contributed by atoms with Crippen LogP contribution in [0.5, 0.6) is 0 Å². The van der Waals surface area contributed by atoms with Crippen LogP contribution in [-0.2, 0) is 29.0 Å². The highest BCUT2D eigenvalue weighted by Gasteiger charge is 2.30. The highest BCUT2D eigenvalue weighted by molar-refractivity contribution is 7.94. The first kappa shape index (κ1) is 14.4. The Labute approximate surface area is 104 Å². The summed E-state index contributed by atoms with van der Waals surface area (Å²) in [5.41, 5.74) is 0. The molecule has 0 saturated carbocycles. The quantitative estimate of drug-likeness (QED) is 0.466. The van der Waals surface area contributed by atoms with Crippen molar-refractivity contribution in [3.05, 3.63) is 12.0 Å². The molecule has 0 aromatic rings. The highest BCUT2D eigenvalue weighted by Crippen LogP contribution is 2.11. The van der Waals surface area contributed by atoms with Crippen LogP contribution in [0.25, 0.3) is 0 Å². The molecule has 1 aliphatic heterocycles. The molecule has 0 radical (unpaired) electrons. The molecule has 0 aliphatic carbocycles. The summed E-state index contributed by atoms with van der Waals surface area (Å²) in [7, 11) is -3.42. The third-order valence-electron chi connectivity index (χ3n) is 2.33. The van der Waals surface area contributed by atoms with Gasteiger partial charge in [-0.2, -0.15) is 0 Å². The van der Waals surface area contributed by atoms with Gasteiger partial charge in [-0.15, -0.1) is 0 Å². The van der Waals surface area contributed by atoms with E-state index in [1.54, 1.807) is 0 Å². The summed E-state index contributed by atoms with van der Waals surface area (Å²) in [6.07, 6.45) is 0.188. The molecule has 7 nitrogen and oxygen atoms in total. The van der Waals surface area contributed by atoms with Crippen LogP contribution in [0.4, 0.5) is 0 Å². The molecule has 1 aliphatic rings. The van der Waals surface area contributed by atoms with E-state index in [4.69, 9.17) is 0 Å². The first-order chi connectivity index (χ1) is 8.35. The van der Waals surface area contributed by atoms with E-state index in [1.807, 2.05) is 0 Å². The Morgan fingerprint density at radius 1 is 1.33 bits per heavy atom. The van der Waals surface area contributed by atoms with Gasteiger partial charge >= 0.3 is 5.97 Å². The number of sulfone groups is 1. The van der Waals surface area contributed by atoms with Crippen LogP contribution in [0, 0.1) is 0 Å². The minimum absolute atomic E-state index is 0.0942. The number of ether oxygens (including phenoxy) is 1. The second-order valence-corrected chi connectivity index (χ2v) is 5.70. The van der Waals surface area contributed by atoms with Gasteiger partial charge in [0.15, 0.2) is 9.84 Å². The summed E-state index contributed by atoms with van der Waals surface area (Å²) in [6.45, 7) is 2.31. The normalized spacial score (nSPS) is 15.9. The Bertz CT molecular complexity index is 465. The molecule has 1 rings (SSSR count). The Kier molecular flexibility index (Phi) is 4.60. The molecule has 1 saturated heterocycles. The van der Waals surface area contributed by atoms with Crippen molar-refractivity contribution >= 4 is 27.6 Å². The maximum Gasteiger partial charge on any atom is 0.326 e. The molecule has 1 heterocycles. The molecule has 0 atom stereocenters. The van der Waals surface area contributed by atoms with Gasteiger partial charge in [0.1, 0.15) is 13.2 Å². The summed E-state index contributed by atoms with van der Waals surface area (Å²) >= 11 is 0. The number of likely N-dealkylation sites (tertiary alicyclic amines) is 1. The maximum atomic E-state index is 11.3. The summed E-state index contributed by atoms with van der Waals surface area (Å²) in [5.74, 6) is -2.02. The highest BCUT2D eigenvalue weighted by atomic mass is 32.2. The van der Waals surface area contributed by atoms with E-state index in [9.17, 15) is 22.8 Å². The molecular formula is C10H13NO6S. The summed E-state index contributed by atoms with van der Waals surface area (Å²) < 4.78 is 26.6. The lowest BCUT2D eigenvalue weighted by molar-refractivity contribution is -0.151. The average molecular weight is 275 g/mol. The van der Waals surface area contributed by atoms with Crippen LogP contribution >= 0.6 is 0 Å². The first-order valence-corrected chi connectivity index (χ1v) is 6.91. The van der Waals surface area contributed by atoms with Crippen molar-refractivity contribution in [3.8, 4) is 0 Å². The summed E-state index contributed by atoms with van der Waals surface area (Å²) in [4.78, 5) is 34.5. The molecule has 2 amide bonds. The standard InChI is InChI=1S/C10H13NO6S/c1-2-18(15,16)6-5-17-10(14)7-11-8(12)3-4-9(11)13/h2H,1,3-7H2.